The summed E-state index contributed by atoms with van der Waals surface area (Å²) >= 11 is 0. The lowest BCUT2D eigenvalue weighted by Gasteiger charge is -2.42. The number of urea groups is 1. The Labute approximate surface area is 148 Å². The molecule has 138 valence electrons. The molecular weight excluding hydrogens is 322 g/mol. The van der Waals surface area contributed by atoms with Crippen molar-refractivity contribution in [3.8, 4) is 0 Å². The summed E-state index contributed by atoms with van der Waals surface area (Å²) in [5, 5.41) is 14.5. The SMILES string of the molecule is CCN(CC(=O)O)C1CC(NC(=O)Nc2cnc(CC(C)C)nc2)C1. The first-order valence-electron chi connectivity index (χ1n) is 8.71. The standard InChI is InChI=1S/C17H27N5O3/c1-4-22(10-16(23)24)14-6-12(7-14)20-17(25)21-13-8-18-15(19-9-13)5-11(2)3/h8-9,11-12,14H,4-7,10H2,1-3H3,(H,23,24)(H2,20,21,25). The van der Waals surface area contributed by atoms with Gasteiger partial charge in [0.25, 0.3) is 0 Å². The summed E-state index contributed by atoms with van der Waals surface area (Å²) in [5.41, 5.74) is 0.557. The van der Waals surface area contributed by atoms with Gasteiger partial charge in [0.1, 0.15) is 5.82 Å². The van der Waals surface area contributed by atoms with Crippen LogP contribution in [0.4, 0.5) is 10.5 Å². The zero-order valence-electron chi connectivity index (χ0n) is 15.0. The number of nitrogens with zero attached hydrogens (tertiary/aromatic N) is 3. The number of rotatable bonds is 8. The maximum absolute atomic E-state index is 12.0. The first-order valence-corrected chi connectivity index (χ1v) is 8.71. The minimum atomic E-state index is -0.822. The summed E-state index contributed by atoms with van der Waals surface area (Å²) in [7, 11) is 0. The zero-order chi connectivity index (χ0) is 18.4. The van der Waals surface area contributed by atoms with Crippen molar-refractivity contribution < 1.29 is 14.7 Å². The topological polar surface area (TPSA) is 107 Å². The summed E-state index contributed by atoms with van der Waals surface area (Å²) in [5.74, 6) is 0.426. The Morgan fingerprint density at radius 1 is 1.32 bits per heavy atom. The summed E-state index contributed by atoms with van der Waals surface area (Å²) in [6.45, 7) is 6.88. The Balaban J connectivity index is 1.74. The third kappa shape index (κ3) is 5.97. The van der Waals surface area contributed by atoms with Gasteiger partial charge in [-0.3, -0.25) is 9.69 Å². The lowest BCUT2D eigenvalue weighted by molar-refractivity contribution is -0.139. The van der Waals surface area contributed by atoms with Gasteiger partial charge in [-0.15, -0.1) is 0 Å². The number of amides is 2. The second kappa shape index (κ2) is 8.75. The number of carbonyl (C=O) groups is 2. The summed E-state index contributed by atoms with van der Waals surface area (Å²) in [6, 6.07) is -0.0102. The van der Waals surface area contributed by atoms with E-state index >= 15 is 0 Å². The van der Waals surface area contributed by atoms with E-state index in [2.05, 4.69) is 34.4 Å². The molecule has 2 rings (SSSR count). The molecule has 0 radical (unpaired) electrons. The molecule has 25 heavy (non-hydrogen) atoms. The highest BCUT2D eigenvalue weighted by atomic mass is 16.4. The molecule has 1 aromatic rings. The van der Waals surface area contributed by atoms with E-state index in [4.69, 9.17) is 5.11 Å². The number of carboxylic acids is 1. The van der Waals surface area contributed by atoms with Crippen molar-refractivity contribution in [2.75, 3.05) is 18.4 Å². The van der Waals surface area contributed by atoms with E-state index in [1.165, 1.54) is 0 Å². The fourth-order valence-electron chi connectivity index (χ4n) is 2.92. The van der Waals surface area contributed by atoms with Crippen LogP contribution in [-0.4, -0.2) is 57.1 Å². The van der Waals surface area contributed by atoms with Gasteiger partial charge in [-0.05, 0) is 25.3 Å². The highest BCUT2D eigenvalue weighted by Crippen LogP contribution is 2.25. The number of aliphatic carboxylic acids is 1. The average molecular weight is 349 g/mol. The van der Waals surface area contributed by atoms with Crippen molar-refractivity contribution in [1.29, 1.82) is 0 Å². The van der Waals surface area contributed by atoms with Crippen LogP contribution in [0.15, 0.2) is 12.4 Å². The van der Waals surface area contributed by atoms with Gasteiger partial charge in [0.05, 0.1) is 24.6 Å². The molecule has 0 aromatic carbocycles. The summed E-state index contributed by atoms with van der Waals surface area (Å²) < 4.78 is 0. The highest BCUT2D eigenvalue weighted by Gasteiger charge is 2.34. The zero-order valence-corrected chi connectivity index (χ0v) is 15.0. The van der Waals surface area contributed by atoms with Gasteiger partial charge in [-0.1, -0.05) is 20.8 Å². The molecule has 1 aliphatic carbocycles. The second-order valence-electron chi connectivity index (χ2n) is 6.86. The van der Waals surface area contributed by atoms with Crippen LogP contribution in [0, 0.1) is 5.92 Å². The minimum absolute atomic E-state index is 0.0418. The van der Waals surface area contributed by atoms with Crippen LogP contribution in [0.5, 0.6) is 0 Å². The van der Waals surface area contributed by atoms with E-state index < -0.39 is 5.97 Å². The van der Waals surface area contributed by atoms with Gasteiger partial charge in [0.15, 0.2) is 0 Å². The van der Waals surface area contributed by atoms with Crippen LogP contribution >= 0.6 is 0 Å². The van der Waals surface area contributed by atoms with Crippen LogP contribution < -0.4 is 10.6 Å². The molecular formula is C17H27N5O3. The molecule has 1 fully saturated rings. The lowest BCUT2D eigenvalue weighted by atomic mass is 9.85. The van der Waals surface area contributed by atoms with Gasteiger partial charge < -0.3 is 15.7 Å². The predicted molar refractivity (Wildman–Crippen MR) is 94.4 cm³/mol. The number of hydrogen-bond donors (Lipinski definition) is 3. The quantitative estimate of drug-likeness (QED) is 0.660. The van der Waals surface area contributed by atoms with Crippen LogP contribution in [0.25, 0.3) is 0 Å². The van der Waals surface area contributed by atoms with E-state index in [9.17, 15) is 9.59 Å². The van der Waals surface area contributed by atoms with E-state index in [0.717, 1.165) is 25.1 Å². The molecule has 0 bridgehead atoms. The van der Waals surface area contributed by atoms with Gasteiger partial charge in [-0.25, -0.2) is 14.8 Å². The fraction of sp³-hybridized carbons (Fsp3) is 0.647. The van der Waals surface area contributed by atoms with E-state index in [0.29, 0.717) is 18.2 Å². The number of likely N-dealkylation sites (N-methyl/N-ethyl adjacent to an activating group) is 1. The van der Waals surface area contributed by atoms with Crippen molar-refractivity contribution in [3.05, 3.63) is 18.2 Å². The largest absolute Gasteiger partial charge is 0.480 e. The van der Waals surface area contributed by atoms with Gasteiger partial charge in [-0.2, -0.15) is 0 Å². The molecule has 3 N–H and O–H groups in total. The first-order chi connectivity index (χ1) is 11.9. The number of aromatic nitrogens is 2. The Hall–Kier alpha value is -2.22. The first kappa shape index (κ1) is 19.1. The summed E-state index contributed by atoms with van der Waals surface area (Å²) in [6.07, 6.45) is 5.55. The number of anilines is 1. The van der Waals surface area contributed by atoms with E-state index in [1.807, 2.05) is 11.8 Å². The molecule has 0 aliphatic heterocycles. The van der Waals surface area contributed by atoms with E-state index in [-0.39, 0.29) is 24.7 Å². The van der Waals surface area contributed by atoms with Crippen molar-refractivity contribution >= 4 is 17.7 Å². The molecule has 1 heterocycles. The van der Waals surface area contributed by atoms with Crippen LogP contribution in [-0.2, 0) is 11.2 Å². The maximum Gasteiger partial charge on any atom is 0.319 e. The van der Waals surface area contributed by atoms with Crippen molar-refractivity contribution in [2.45, 2.75) is 52.1 Å². The third-order valence-corrected chi connectivity index (χ3v) is 4.26. The average Bonchev–Trinajstić information content (AvgIpc) is 2.49. The second-order valence-corrected chi connectivity index (χ2v) is 6.86. The molecule has 0 atom stereocenters. The number of hydrogen-bond acceptors (Lipinski definition) is 5. The lowest BCUT2D eigenvalue weighted by Crippen LogP contribution is -2.55. The van der Waals surface area contributed by atoms with Gasteiger partial charge in [0.2, 0.25) is 0 Å². The fourth-order valence-corrected chi connectivity index (χ4v) is 2.92. The van der Waals surface area contributed by atoms with E-state index in [1.54, 1.807) is 12.4 Å². The highest BCUT2D eigenvalue weighted by molar-refractivity contribution is 5.89. The molecule has 1 saturated carbocycles. The molecule has 8 nitrogen and oxygen atoms in total. The smallest absolute Gasteiger partial charge is 0.319 e. The molecule has 1 aliphatic rings. The number of carboxylic acid groups (broad SMARTS) is 1. The van der Waals surface area contributed by atoms with Crippen LogP contribution in [0.1, 0.15) is 39.4 Å². The van der Waals surface area contributed by atoms with Crippen LogP contribution in [0.3, 0.4) is 0 Å². The van der Waals surface area contributed by atoms with Crippen molar-refractivity contribution in [1.82, 2.24) is 20.2 Å². The van der Waals surface area contributed by atoms with Crippen molar-refractivity contribution in [3.63, 3.8) is 0 Å². The number of carbonyl (C=O) groups excluding carboxylic acids is 1. The molecule has 1 aromatic heterocycles. The Bertz CT molecular complexity index is 584. The third-order valence-electron chi connectivity index (χ3n) is 4.26. The van der Waals surface area contributed by atoms with Crippen molar-refractivity contribution in [2.24, 2.45) is 5.92 Å². The predicted octanol–water partition coefficient (Wildman–Crippen LogP) is 1.73. The Morgan fingerprint density at radius 3 is 2.48 bits per heavy atom. The van der Waals surface area contributed by atoms with Crippen LogP contribution in [0.2, 0.25) is 0 Å². The molecule has 2 amide bonds. The van der Waals surface area contributed by atoms with Gasteiger partial charge >= 0.3 is 12.0 Å². The Morgan fingerprint density at radius 2 is 1.96 bits per heavy atom. The molecule has 0 saturated heterocycles. The minimum Gasteiger partial charge on any atom is -0.480 e. The number of nitrogens with one attached hydrogen (secondary N) is 2. The summed E-state index contributed by atoms with van der Waals surface area (Å²) in [4.78, 5) is 33.2. The molecule has 0 unspecified atom stereocenters. The maximum atomic E-state index is 12.0. The monoisotopic (exact) mass is 349 g/mol. The molecule has 0 spiro atoms. The Kier molecular flexibility index (Phi) is 6.69. The molecule has 8 heteroatoms. The normalized spacial score (nSPS) is 19.6. The van der Waals surface area contributed by atoms with Gasteiger partial charge in [0, 0.05) is 18.5 Å².